The Morgan fingerprint density at radius 3 is 2.92 bits per heavy atom. The van der Waals surface area contributed by atoms with Gasteiger partial charge >= 0.3 is 0 Å². The molecule has 0 spiro atoms. The summed E-state index contributed by atoms with van der Waals surface area (Å²) in [5.74, 6) is -0.172. The molecule has 1 N–H and O–H groups in total. The number of sulfonamides is 1. The van der Waals surface area contributed by atoms with E-state index in [2.05, 4.69) is 10.3 Å². The molecule has 1 amide bonds. The number of amides is 1. The van der Waals surface area contributed by atoms with Crippen LogP contribution >= 0.6 is 22.7 Å². The van der Waals surface area contributed by atoms with Gasteiger partial charge < -0.3 is 4.42 Å². The standard InChI is InChI=1S/C15H13N3O4S3/c19-14(11-3-1-7-22-11)17-15-16-10-5-6-18(9-12(10)24-15)25(20,21)13-4-2-8-23-13/h1-4,7-8H,5-6,9H2,(H,16,17,19). The molecule has 4 rings (SSSR count). The molecular weight excluding hydrogens is 382 g/mol. The Balaban J connectivity index is 1.52. The highest BCUT2D eigenvalue weighted by molar-refractivity contribution is 7.91. The molecule has 0 saturated heterocycles. The highest BCUT2D eigenvalue weighted by atomic mass is 32.2. The Morgan fingerprint density at radius 1 is 1.32 bits per heavy atom. The zero-order valence-electron chi connectivity index (χ0n) is 12.8. The molecule has 0 bridgehead atoms. The molecule has 0 aromatic carbocycles. The Morgan fingerprint density at radius 2 is 2.20 bits per heavy atom. The van der Waals surface area contributed by atoms with Crippen molar-refractivity contribution in [2.24, 2.45) is 0 Å². The van der Waals surface area contributed by atoms with Gasteiger partial charge in [0.05, 0.1) is 18.5 Å². The second kappa shape index (κ2) is 6.37. The molecule has 1 aliphatic rings. The van der Waals surface area contributed by atoms with Gasteiger partial charge in [0.2, 0.25) is 0 Å². The van der Waals surface area contributed by atoms with E-state index in [1.807, 2.05) is 0 Å². The van der Waals surface area contributed by atoms with Crippen LogP contribution in [0.4, 0.5) is 5.13 Å². The minimum absolute atomic E-state index is 0.204. The topological polar surface area (TPSA) is 92.5 Å². The fourth-order valence-corrected chi connectivity index (χ4v) is 6.19. The van der Waals surface area contributed by atoms with Crippen LogP contribution in [0.5, 0.6) is 0 Å². The van der Waals surface area contributed by atoms with Gasteiger partial charge in [-0.3, -0.25) is 10.1 Å². The van der Waals surface area contributed by atoms with Gasteiger partial charge in [-0.15, -0.1) is 22.7 Å². The van der Waals surface area contributed by atoms with E-state index in [0.717, 1.165) is 10.6 Å². The molecular formula is C15H13N3O4S3. The number of thiophene rings is 1. The average Bonchev–Trinajstić information content (AvgIpc) is 3.33. The molecule has 0 aliphatic carbocycles. The van der Waals surface area contributed by atoms with Crippen LogP contribution in [-0.2, 0) is 23.0 Å². The van der Waals surface area contributed by atoms with Gasteiger partial charge in [-0.05, 0) is 23.6 Å². The lowest BCUT2D eigenvalue weighted by atomic mass is 10.2. The van der Waals surface area contributed by atoms with Crippen molar-refractivity contribution in [1.82, 2.24) is 9.29 Å². The molecule has 0 fully saturated rings. The van der Waals surface area contributed by atoms with Crippen LogP contribution in [0.3, 0.4) is 0 Å². The number of furan rings is 1. The number of nitrogens with zero attached hydrogens (tertiary/aromatic N) is 2. The van der Waals surface area contributed by atoms with Gasteiger partial charge in [0.15, 0.2) is 10.9 Å². The van der Waals surface area contributed by atoms with Crippen molar-refractivity contribution >= 4 is 43.7 Å². The Bertz CT molecular complexity index is 991. The van der Waals surface area contributed by atoms with Crippen LogP contribution in [0.25, 0.3) is 0 Å². The average molecular weight is 395 g/mol. The zero-order chi connectivity index (χ0) is 17.4. The molecule has 3 aromatic heterocycles. The third-order valence-electron chi connectivity index (χ3n) is 3.75. The number of carbonyl (C=O) groups excluding carboxylic acids is 1. The molecule has 0 atom stereocenters. The number of rotatable bonds is 4. The van der Waals surface area contributed by atoms with Crippen molar-refractivity contribution in [3.63, 3.8) is 0 Å². The van der Waals surface area contributed by atoms with Gasteiger partial charge in [0, 0.05) is 17.8 Å². The summed E-state index contributed by atoms with van der Waals surface area (Å²) in [5.41, 5.74) is 0.831. The summed E-state index contributed by atoms with van der Waals surface area (Å²) in [7, 11) is -3.48. The second-order valence-corrected chi connectivity index (χ2v) is 9.54. The second-order valence-electron chi connectivity index (χ2n) is 5.34. The number of nitrogens with one attached hydrogen (secondary N) is 1. The van der Waals surface area contributed by atoms with E-state index in [9.17, 15) is 13.2 Å². The van der Waals surface area contributed by atoms with Crippen molar-refractivity contribution in [3.05, 3.63) is 52.2 Å². The van der Waals surface area contributed by atoms with Gasteiger partial charge in [-0.2, -0.15) is 4.31 Å². The molecule has 0 radical (unpaired) electrons. The van der Waals surface area contributed by atoms with Crippen molar-refractivity contribution in [3.8, 4) is 0 Å². The summed E-state index contributed by atoms with van der Waals surface area (Å²) in [6, 6.07) is 6.53. The summed E-state index contributed by atoms with van der Waals surface area (Å²) in [5, 5.41) is 4.88. The number of hydrogen-bond acceptors (Lipinski definition) is 7. The first kappa shape index (κ1) is 16.5. The molecule has 10 heteroatoms. The molecule has 3 aromatic rings. The quantitative estimate of drug-likeness (QED) is 0.733. The van der Waals surface area contributed by atoms with Crippen molar-refractivity contribution in [2.45, 2.75) is 17.2 Å². The normalized spacial score (nSPS) is 15.0. The van der Waals surface area contributed by atoms with E-state index in [4.69, 9.17) is 4.42 Å². The summed E-state index contributed by atoms with van der Waals surface area (Å²) in [6.45, 7) is 0.645. The molecule has 1 aliphatic heterocycles. The number of anilines is 1. The first-order chi connectivity index (χ1) is 12.0. The minimum atomic E-state index is -3.48. The monoisotopic (exact) mass is 395 g/mol. The van der Waals surface area contributed by atoms with Crippen LogP contribution in [0.1, 0.15) is 21.1 Å². The Kier molecular flexibility index (Phi) is 4.20. The van der Waals surface area contributed by atoms with Crippen LogP contribution in [-0.4, -0.2) is 30.2 Å². The predicted molar refractivity (Wildman–Crippen MR) is 94.4 cm³/mol. The minimum Gasteiger partial charge on any atom is -0.459 e. The van der Waals surface area contributed by atoms with E-state index in [1.165, 1.54) is 33.2 Å². The van der Waals surface area contributed by atoms with Gasteiger partial charge in [0.1, 0.15) is 4.21 Å². The lowest BCUT2D eigenvalue weighted by molar-refractivity contribution is 0.0996. The third kappa shape index (κ3) is 3.13. The van der Waals surface area contributed by atoms with Crippen LogP contribution < -0.4 is 5.32 Å². The van der Waals surface area contributed by atoms with Gasteiger partial charge in [0.25, 0.3) is 15.9 Å². The number of hydrogen-bond donors (Lipinski definition) is 1. The summed E-state index contributed by atoms with van der Waals surface area (Å²) >= 11 is 2.50. The van der Waals surface area contributed by atoms with Crippen molar-refractivity contribution in [1.29, 1.82) is 0 Å². The zero-order valence-corrected chi connectivity index (χ0v) is 15.3. The van der Waals surface area contributed by atoms with Crippen molar-refractivity contribution in [2.75, 3.05) is 11.9 Å². The summed E-state index contributed by atoms with van der Waals surface area (Å²) in [6.07, 6.45) is 1.95. The third-order valence-corrected chi connectivity index (χ3v) is 7.97. The van der Waals surface area contributed by atoms with Crippen LogP contribution in [0.2, 0.25) is 0 Å². The molecule has 130 valence electrons. The number of fused-ring (bicyclic) bond motifs is 1. The first-order valence-electron chi connectivity index (χ1n) is 7.41. The maximum atomic E-state index is 12.6. The highest BCUT2D eigenvalue weighted by Gasteiger charge is 2.31. The summed E-state index contributed by atoms with van der Waals surface area (Å²) in [4.78, 5) is 17.3. The number of thiazole rings is 1. The molecule has 25 heavy (non-hydrogen) atoms. The maximum Gasteiger partial charge on any atom is 0.293 e. The molecule has 7 nitrogen and oxygen atoms in total. The number of aromatic nitrogens is 1. The lowest BCUT2D eigenvalue weighted by Crippen LogP contribution is -2.35. The Hall–Kier alpha value is -2.01. The maximum absolute atomic E-state index is 12.6. The molecule has 0 saturated carbocycles. The molecule has 4 heterocycles. The van der Waals surface area contributed by atoms with E-state index >= 15 is 0 Å². The van der Waals surface area contributed by atoms with Crippen LogP contribution in [0.15, 0.2) is 44.5 Å². The fourth-order valence-electron chi connectivity index (χ4n) is 2.53. The van der Waals surface area contributed by atoms with E-state index < -0.39 is 10.0 Å². The summed E-state index contributed by atoms with van der Waals surface area (Å²) < 4.78 is 32.1. The fraction of sp³-hybridized carbons (Fsp3) is 0.200. The Labute approximate surface area is 152 Å². The smallest absolute Gasteiger partial charge is 0.293 e. The number of carbonyl (C=O) groups is 1. The highest BCUT2D eigenvalue weighted by Crippen LogP contribution is 2.32. The van der Waals surface area contributed by atoms with E-state index in [-0.39, 0.29) is 18.2 Å². The van der Waals surface area contributed by atoms with E-state index in [1.54, 1.807) is 29.6 Å². The van der Waals surface area contributed by atoms with E-state index in [0.29, 0.717) is 22.3 Å². The van der Waals surface area contributed by atoms with Crippen molar-refractivity contribution < 1.29 is 17.6 Å². The SMILES string of the molecule is O=C(Nc1nc2c(s1)CN(S(=O)(=O)c1cccs1)CC2)c1ccco1. The molecule has 0 unspecified atom stereocenters. The van der Waals surface area contributed by atoms with Gasteiger partial charge in [-0.1, -0.05) is 6.07 Å². The first-order valence-corrected chi connectivity index (χ1v) is 10.5. The van der Waals surface area contributed by atoms with Gasteiger partial charge in [-0.25, -0.2) is 13.4 Å². The predicted octanol–water partition coefficient (Wildman–Crippen LogP) is 2.80. The largest absolute Gasteiger partial charge is 0.459 e. The van der Waals surface area contributed by atoms with Crippen LogP contribution in [0, 0.1) is 0 Å². The lowest BCUT2D eigenvalue weighted by Gasteiger charge is -2.24.